The van der Waals surface area contributed by atoms with Crippen molar-refractivity contribution in [2.75, 3.05) is 11.2 Å². The Labute approximate surface area is 210 Å². The topological polar surface area (TPSA) is 64.4 Å². The molecule has 0 radical (unpaired) electrons. The Morgan fingerprint density at radius 1 is 1.00 bits per heavy atom. The smallest absolute Gasteiger partial charge is 0.161 e. The molecule has 1 aliphatic carbocycles. The van der Waals surface area contributed by atoms with Crippen molar-refractivity contribution in [1.82, 2.24) is 0 Å². The first-order valence-corrected chi connectivity index (χ1v) is 13.1. The molecule has 3 aromatic rings. The number of allylic oxidation sites excluding steroid dienone is 2. The van der Waals surface area contributed by atoms with Crippen LogP contribution in [-0.4, -0.2) is 23.0 Å². The Balaban J connectivity index is 1.82. The Morgan fingerprint density at radius 3 is 2.43 bits per heavy atom. The maximum atomic E-state index is 13.5. The monoisotopic (exact) mass is 480 g/mol. The molecule has 3 aromatic carbocycles. The maximum absolute atomic E-state index is 13.5. The average molecular weight is 481 g/mol. The minimum absolute atomic E-state index is 0.0390. The summed E-state index contributed by atoms with van der Waals surface area (Å²) >= 11 is 1.66. The zero-order valence-corrected chi connectivity index (χ0v) is 20.7. The molecule has 0 bridgehead atoms. The van der Waals surface area contributed by atoms with E-state index in [1.807, 2.05) is 96.9 Å². The van der Waals surface area contributed by atoms with Crippen LogP contribution in [0, 0.1) is 12.3 Å². The Bertz CT molecular complexity index is 1360. The van der Waals surface area contributed by atoms with Crippen LogP contribution < -0.4 is 4.90 Å². The summed E-state index contributed by atoms with van der Waals surface area (Å²) in [5, 5.41) is 21.0. The van der Waals surface area contributed by atoms with E-state index in [2.05, 4.69) is 0 Å². The summed E-state index contributed by atoms with van der Waals surface area (Å²) < 4.78 is 0. The van der Waals surface area contributed by atoms with Crippen molar-refractivity contribution in [2.24, 2.45) is 0 Å². The zero-order valence-electron chi connectivity index (χ0n) is 19.9. The van der Waals surface area contributed by atoms with Gasteiger partial charge in [0.2, 0.25) is 0 Å². The molecule has 0 aromatic heterocycles. The van der Waals surface area contributed by atoms with E-state index in [0.29, 0.717) is 23.1 Å². The fourth-order valence-corrected chi connectivity index (χ4v) is 5.53. The van der Waals surface area contributed by atoms with Gasteiger partial charge < -0.3 is 5.11 Å². The van der Waals surface area contributed by atoms with Crippen LogP contribution in [0.1, 0.15) is 41.9 Å². The van der Waals surface area contributed by atoms with Gasteiger partial charge in [-0.25, -0.2) is 0 Å². The highest BCUT2D eigenvalue weighted by molar-refractivity contribution is 7.98. The summed E-state index contributed by atoms with van der Waals surface area (Å²) in [7, 11) is 0. The van der Waals surface area contributed by atoms with Crippen molar-refractivity contribution in [3.05, 3.63) is 112 Å². The van der Waals surface area contributed by atoms with Crippen molar-refractivity contribution in [2.45, 2.75) is 37.0 Å². The molecule has 1 heterocycles. The number of amidine groups is 1. The van der Waals surface area contributed by atoms with E-state index in [-0.39, 0.29) is 17.4 Å². The van der Waals surface area contributed by atoms with Crippen molar-refractivity contribution >= 4 is 34.8 Å². The predicted octanol–water partition coefficient (Wildman–Crippen LogP) is 7.27. The molecule has 2 N–H and O–H groups in total. The normalized spacial score (nSPS) is 19.6. The van der Waals surface area contributed by atoms with Gasteiger partial charge in [-0.05, 0) is 61.4 Å². The lowest BCUT2D eigenvalue weighted by molar-refractivity contribution is -0.116. The molecule has 1 unspecified atom stereocenters. The molecule has 5 heteroatoms. The molecule has 176 valence electrons. The Kier molecular flexibility index (Phi) is 6.35. The molecular weight excluding hydrogens is 452 g/mol. The number of hydrogen-bond donors (Lipinski definition) is 2. The molecule has 4 nitrogen and oxygen atoms in total. The maximum Gasteiger partial charge on any atom is 0.161 e. The molecule has 0 saturated carbocycles. The molecule has 0 fully saturated rings. The fraction of sp³-hybridized carbons (Fsp3) is 0.200. The molecule has 1 aliphatic heterocycles. The summed E-state index contributed by atoms with van der Waals surface area (Å²) in [5.41, 5.74) is 5.50. The van der Waals surface area contributed by atoms with Gasteiger partial charge >= 0.3 is 0 Å². The number of thioether (sulfide) groups is 1. The van der Waals surface area contributed by atoms with Crippen molar-refractivity contribution in [3.8, 4) is 0 Å². The Morgan fingerprint density at radius 2 is 1.74 bits per heavy atom. The van der Waals surface area contributed by atoms with E-state index in [9.17, 15) is 15.3 Å². The summed E-state index contributed by atoms with van der Waals surface area (Å²) in [6.45, 7) is 2.02. The summed E-state index contributed by atoms with van der Waals surface area (Å²) in [6, 6.07) is 25.4. The first-order valence-electron chi connectivity index (χ1n) is 11.8. The fourth-order valence-electron chi connectivity index (χ4n) is 5.13. The third kappa shape index (κ3) is 4.21. The quantitative estimate of drug-likeness (QED) is 0.304. The standard InChI is InChI=1S/C30H28N2O2S/c1-19-8-6-11-22(18-19)32-24-12-7-13-25(33)27(24)26(20-14-16-23(35-2)17-15-20)28(30(32)31)29(34)21-9-4-3-5-10-21/h3-6,8-11,14-18,26,31,34H,7,12-13H2,1-2H3/b29-28+,31-30?. The van der Waals surface area contributed by atoms with Crippen LogP contribution in [0.5, 0.6) is 0 Å². The van der Waals surface area contributed by atoms with Crippen LogP contribution in [0.4, 0.5) is 5.69 Å². The molecular formula is C30H28N2O2S. The van der Waals surface area contributed by atoms with E-state index in [1.54, 1.807) is 11.8 Å². The highest BCUT2D eigenvalue weighted by atomic mass is 32.2. The molecule has 2 aliphatic rings. The third-order valence-corrected chi connectivity index (χ3v) is 7.51. The molecule has 0 saturated heterocycles. The van der Waals surface area contributed by atoms with E-state index in [1.165, 1.54) is 0 Å². The van der Waals surface area contributed by atoms with E-state index in [0.717, 1.165) is 40.2 Å². The number of nitrogens with zero attached hydrogens (tertiary/aromatic N) is 1. The number of rotatable bonds is 4. The second-order valence-electron chi connectivity index (χ2n) is 8.99. The number of aliphatic hydroxyl groups is 1. The second-order valence-corrected chi connectivity index (χ2v) is 9.87. The molecule has 0 spiro atoms. The van der Waals surface area contributed by atoms with E-state index in [4.69, 9.17) is 0 Å². The van der Waals surface area contributed by atoms with Crippen molar-refractivity contribution < 1.29 is 9.90 Å². The number of aryl methyl sites for hydroxylation is 1. The summed E-state index contributed by atoms with van der Waals surface area (Å²) in [6.07, 6.45) is 3.99. The van der Waals surface area contributed by atoms with Gasteiger partial charge in [-0.1, -0.05) is 54.6 Å². The second kappa shape index (κ2) is 9.59. The largest absolute Gasteiger partial charge is 0.507 e. The van der Waals surface area contributed by atoms with Crippen LogP contribution in [0.15, 0.2) is 101 Å². The number of benzene rings is 3. The number of carbonyl (C=O) groups is 1. The molecule has 0 amide bonds. The minimum atomic E-state index is -0.498. The lowest BCUT2D eigenvalue weighted by Crippen LogP contribution is -2.42. The number of Topliss-reactive ketones (excluding diaryl/α,β-unsaturated/α-hetero) is 1. The minimum Gasteiger partial charge on any atom is -0.507 e. The molecule has 35 heavy (non-hydrogen) atoms. The van der Waals surface area contributed by atoms with Gasteiger partial charge in [0.15, 0.2) is 5.78 Å². The van der Waals surface area contributed by atoms with Gasteiger partial charge in [-0.15, -0.1) is 11.8 Å². The lowest BCUT2D eigenvalue weighted by Gasteiger charge is -2.42. The SMILES string of the molecule is CSc1ccc(C2C3=C(CCCC3=O)N(c3cccc(C)c3)C(=N)/C2=C(/O)c2ccccc2)cc1. The van der Waals surface area contributed by atoms with Crippen LogP contribution in [0.3, 0.4) is 0 Å². The number of carbonyl (C=O) groups excluding carboxylic acids is 1. The molecule has 5 rings (SSSR count). The van der Waals surface area contributed by atoms with Crippen molar-refractivity contribution in [3.63, 3.8) is 0 Å². The van der Waals surface area contributed by atoms with Gasteiger partial charge in [0.25, 0.3) is 0 Å². The van der Waals surface area contributed by atoms with Crippen LogP contribution >= 0.6 is 11.8 Å². The summed E-state index contributed by atoms with van der Waals surface area (Å²) in [5.74, 6) is -0.155. The number of nitrogens with one attached hydrogen (secondary N) is 1. The van der Waals surface area contributed by atoms with Gasteiger partial charge in [0.05, 0.1) is 0 Å². The average Bonchev–Trinajstić information content (AvgIpc) is 2.88. The highest BCUT2D eigenvalue weighted by Gasteiger charge is 2.43. The first kappa shape index (κ1) is 23.2. The highest BCUT2D eigenvalue weighted by Crippen LogP contribution is 2.48. The molecule has 1 atom stereocenters. The van der Waals surface area contributed by atoms with Gasteiger partial charge in [-0.3, -0.25) is 15.1 Å². The first-order chi connectivity index (χ1) is 17.0. The lowest BCUT2D eigenvalue weighted by atomic mass is 9.73. The van der Waals surface area contributed by atoms with E-state index < -0.39 is 5.92 Å². The van der Waals surface area contributed by atoms with Crippen LogP contribution in [0.2, 0.25) is 0 Å². The van der Waals surface area contributed by atoms with Crippen molar-refractivity contribution in [1.29, 1.82) is 5.41 Å². The number of aliphatic hydroxyl groups excluding tert-OH is 1. The van der Waals surface area contributed by atoms with Gasteiger partial charge in [-0.2, -0.15) is 0 Å². The van der Waals surface area contributed by atoms with Gasteiger partial charge in [0, 0.05) is 45.3 Å². The number of ketones is 1. The van der Waals surface area contributed by atoms with E-state index >= 15 is 0 Å². The summed E-state index contributed by atoms with van der Waals surface area (Å²) in [4.78, 5) is 16.5. The van der Waals surface area contributed by atoms with Gasteiger partial charge in [0.1, 0.15) is 11.6 Å². The number of hydrogen-bond acceptors (Lipinski definition) is 4. The third-order valence-electron chi connectivity index (χ3n) is 6.77. The Hall–Kier alpha value is -3.57. The van der Waals surface area contributed by atoms with Crippen LogP contribution in [-0.2, 0) is 4.79 Å². The van der Waals surface area contributed by atoms with Crippen LogP contribution in [0.25, 0.3) is 5.76 Å². The zero-order chi connectivity index (χ0) is 24.5. The number of anilines is 1. The predicted molar refractivity (Wildman–Crippen MR) is 144 cm³/mol.